The summed E-state index contributed by atoms with van der Waals surface area (Å²) in [6.07, 6.45) is 13.4. The molecule has 2 aromatic heterocycles. The van der Waals surface area contributed by atoms with E-state index in [1.165, 1.54) is 11.1 Å². The van der Waals surface area contributed by atoms with Crippen molar-refractivity contribution in [3.63, 3.8) is 0 Å². The molecule has 6 nitrogen and oxygen atoms in total. The number of rotatable bonds is 7. The van der Waals surface area contributed by atoms with Crippen molar-refractivity contribution in [2.75, 3.05) is 20.2 Å². The van der Waals surface area contributed by atoms with Crippen LogP contribution in [0.4, 0.5) is 0 Å². The summed E-state index contributed by atoms with van der Waals surface area (Å²) < 4.78 is 5.87. The Bertz CT molecular complexity index is 1280. The number of fused-ring (bicyclic) bond motifs is 1. The Balaban J connectivity index is 1.28. The lowest BCUT2D eigenvalue weighted by molar-refractivity contribution is -0.125. The maximum absolute atomic E-state index is 12.9. The second kappa shape index (κ2) is 11.0. The minimum atomic E-state index is -0.132. The van der Waals surface area contributed by atoms with E-state index in [2.05, 4.69) is 34.3 Å². The van der Waals surface area contributed by atoms with E-state index in [0.29, 0.717) is 23.0 Å². The number of nitrogens with one attached hydrogen (secondary N) is 2. The zero-order valence-corrected chi connectivity index (χ0v) is 21.4. The van der Waals surface area contributed by atoms with Crippen molar-refractivity contribution in [2.24, 2.45) is 17.8 Å². The van der Waals surface area contributed by atoms with Gasteiger partial charge in [0.05, 0.1) is 12.5 Å². The van der Waals surface area contributed by atoms with E-state index in [1.807, 2.05) is 6.07 Å². The predicted molar refractivity (Wildman–Crippen MR) is 143 cm³/mol. The lowest BCUT2D eigenvalue weighted by Gasteiger charge is -2.30. The van der Waals surface area contributed by atoms with Crippen molar-refractivity contribution in [1.82, 2.24) is 15.3 Å². The quantitative estimate of drug-likeness (QED) is 0.478. The number of benzene rings is 1. The van der Waals surface area contributed by atoms with Gasteiger partial charge in [-0.15, -0.1) is 0 Å². The van der Waals surface area contributed by atoms with Gasteiger partial charge >= 0.3 is 0 Å². The molecule has 0 amide bonds. The summed E-state index contributed by atoms with van der Waals surface area (Å²) in [6, 6.07) is 6.17. The topological polar surface area (TPSA) is 84.1 Å². The molecule has 0 atom stereocenters. The van der Waals surface area contributed by atoms with Crippen LogP contribution in [-0.2, 0) is 11.2 Å². The molecular weight excluding hydrogens is 450 g/mol. The Morgan fingerprint density at radius 2 is 1.83 bits per heavy atom. The fourth-order valence-electron chi connectivity index (χ4n) is 6.24. The summed E-state index contributed by atoms with van der Waals surface area (Å²) >= 11 is 0. The van der Waals surface area contributed by atoms with Gasteiger partial charge in [0, 0.05) is 36.5 Å². The first-order valence-corrected chi connectivity index (χ1v) is 13.4. The van der Waals surface area contributed by atoms with Crippen molar-refractivity contribution < 1.29 is 9.53 Å². The number of aromatic nitrogens is 2. The Morgan fingerprint density at radius 1 is 1.06 bits per heavy atom. The Hall–Kier alpha value is -2.99. The van der Waals surface area contributed by atoms with E-state index in [1.54, 1.807) is 25.7 Å². The second-order valence-corrected chi connectivity index (χ2v) is 10.7. The van der Waals surface area contributed by atoms with Gasteiger partial charge in [-0.05, 0) is 111 Å². The van der Waals surface area contributed by atoms with Crippen molar-refractivity contribution in [1.29, 1.82) is 0 Å². The molecule has 6 heteroatoms. The molecule has 2 fully saturated rings. The number of carbonyl (C=O) groups excluding carboxylic acids is 1. The molecule has 5 rings (SSSR count). The normalized spacial score (nSPS) is 20.9. The number of ketones is 1. The van der Waals surface area contributed by atoms with Gasteiger partial charge < -0.3 is 15.0 Å². The standard InChI is InChI=1S/C30H37N3O3/c1-19-13-23(26-18-33-30(35)27-17-32-12-9-24(26)27)16-29(36-2)25(19)14-20-3-5-22(6-4-20)28(34)15-21-7-10-31-11-8-21/h9,12-13,16-18,20-22,31H,3-8,10-11,14-15H2,1-2H3,(H,33,35). The number of ether oxygens (including phenoxy) is 1. The smallest absolute Gasteiger partial charge is 0.257 e. The number of aryl methyl sites for hydroxylation is 1. The van der Waals surface area contributed by atoms with Crippen LogP contribution in [0.1, 0.15) is 56.1 Å². The summed E-state index contributed by atoms with van der Waals surface area (Å²) in [7, 11) is 1.73. The number of Topliss-reactive ketones (excluding diaryl/α,β-unsaturated/α-hetero) is 1. The molecule has 2 N–H and O–H groups in total. The molecule has 1 saturated carbocycles. The number of nitrogens with zero attached hydrogens (tertiary/aromatic N) is 1. The number of carbonyl (C=O) groups is 1. The third-order valence-electron chi connectivity index (χ3n) is 8.41. The number of aromatic amines is 1. The summed E-state index contributed by atoms with van der Waals surface area (Å²) in [5.74, 6) is 2.80. The van der Waals surface area contributed by atoms with Crippen LogP contribution in [0.3, 0.4) is 0 Å². The van der Waals surface area contributed by atoms with E-state index < -0.39 is 0 Å². The van der Waals surface area contributed by atoms with Crippen molar-refractivity contribution in [3.05, 3.63) is 58.3 Å². The van der Waals surface area contributed by atoms with E-state index in [9.17, 15) is 9.59 Å². The number of piperidine rings is 1. The van der Waals surface area contributed by atoms with Crippen molar-refractivity contribution in [3.8, 4) is 16.9 Å². The van der Waals surface area contributed by atoms with Crippen LogP contribution in [0.5, 0.6) is 5.75 Å². The summed E-state index contributed by atoms with van der Waals surface area (Å²) in [4.78, 5) is 32.1. The predicted octanol–water partition coefficient (Wildman–Crippen LogP) is 5.21. The third-order valence-corrected chi connectivity index (χ3v) is 8.41. The Labute approximate surface area is 212 Å². The van der Waals surface area contributed by atoms with Crippen LogP contribution in [0, 0.1) is 24.7 Å². The first-order chi connectivity index (χ1) is 17.5. The molecule has 0 spiro atoms. The van der Waals surface area contributed by atoms with Gasteiger partial charge in [0.2, 0.25) is 0 Å². The van der Waals surface area contributed by atoms with E-state index in [0.717, 1.165) is 86.7 Å². The van der Waals surface area contributed by atoms with Gasteiger partial charge in [0.1, 0.15) is 11.5 Å². The lowest BCUT2D eigenvalue weighted by Crippen LogP contribution is -2.31. The maximum Gasteiger partial charge on any atom is 0.257 e. The molecule has 0 radical (unpaired) electrons. The average Bonchev–Trinajstić information content (AvgIpc) is 2.91. The third kappa shape index (κ3) is 5.24. The lowest BCUT2D eigenvalue weighted by atomic mass is 9.75. The highest BCUT2D eigenvalue weighted by molar-refractivity contribution is 5.95. The van der Waals surface area contributed by atoms with Gasteiger partial charge in [-0.1, -0.05) is 6.07 Å². The monoisotopic (exact) mass is 487 g/mol. The van der Waals surface area contributed by atoms with Crippen molar-refractivity contribution in [2.45, 2.75) is 58.3 Å². The van der Waals surface area contributed by atoms with E-state index in [4.69, 9.17) is 4.74 Å². The van der Waals surface area contributed by atoms with Crippen LogP contribution >= 0.6 is 0 Å². The minimum absolute atomic E-state index is 0.132. The van der Waals surface area contributed by atoms with Crippen LogP contribution in [-0.4, -0.2) is 36.0 Å². The van der Waals surface area contributed by atoms with Gasteiger partial charge in [-0.3, -0.25) is 14.6 Å². The molecule has 190 valence electrons. The maximum atomic E-state index is 12.9. The molecule has 2 aliphatic rings. The summed E-state index contributed by atoms with van der Waals surface area (Å²) in [6.45, 7) is 4.26. The van der Waals surface area contributed by atoms with Gasteiger partial charge in [0.25, 0.3) is 5.56 Å². The second-order valence-electron chi connectivity index (χ2n) is 10.7. The molecule has 0 unspecified atom stereocenters. The molecular formula is C30H37N3O3. The SMILES string of the molecule is COc1cc(-c2c[nH]c(=O)c3cnccc23)cc(C)c1CC1CCC(C(=O)CC2CCNCC2)CC1. The molecule has 3 heterocycles. The number of hydrogen-bond acceptors (Lipinski definition) is 5. The molecule has 1 aliphatic carbocycles. The molecule has 1 aromatic carbocycles. The fourth-order valence-corrected chi connectivity index (χ4v) is 6.24. The zero-order chi connectivity index (χ0) is 25.1. The molecule has 36 heavy (non-hydrogen) atoms. The van der Waals surface area contributed by atoms with Crippen molar-refractivity contribution >= 4 is 16.6 Å². The van der Waals surface area contributed by atoms with Gasteiger partial charge in [-0.25, -0.2) is 0 Å². The molecule has 0 bridgehead atoms. The highest BCUT2D eigenvalue weighted by Crippen LogP contribution is 2.38. The molecule has 1 aliphatic heterocycles. The van der Waals surface area contributed by atoms with Gasteiger partial charge in [-0.2, -0.15) is 0 Å². The summed E-state index contributed by atoms with van der Waals surface area (Å²) in [5.41, 5.74) is 4.30. The van der Waals surface area contributed by atoms with Crippen LogP contribution in [0.25, 0.3) is 21.9 Å². The minimum Gasteiger partial charge on any atom is -0.496 e. The van der Waals surface area contributed by atoms with E-state index in [-0.39, 0.29) is 11.5 Å². The summed E-state index contributed by atoms with van der Waals surface area (Å²) in [5, 5.41) is 4.86. The number of hydrogen-bond donors (Lipinski definition) is 2. The van der Waals surface area contributed by atoms with Crippen LogP contribution in [0.15, 0.2) is 41.6 Å². The Kier molecular flexibility index (Phi) is 7.51. The molecule has 3 aromatic rings. The Morgan fingerprint density at radius 3 is 2.58 bits per heavy atom. The first-order valence-electron chi connectivity index (χ1n) is 13.4. The van der Waals surface area contributed by atoms with Crippen LogP contribution in [0.2, 0.25) is 0 Å². The van der Waals surface area contributed by atoms with Crippen LogP contribution < -0.4 is 15.6 Å². The molecule has 1 saturated heterocycles. The number of pyridine rings is 2. The first kappa shape index (κ1) is 24.7. The number of H-pyrrole nitrogens is 1. The largest absolute Gasteiger partial charge is 0.496 e. The van der Waals surface area contributed by atoms with E-state index >= 15 is 0 Å². The highest BCUT2D eigenvalue weighted by atomic mass is 16.5. The zero-order valence-electron chi connectivity index (χ0n) is 21.4. The van der Waals surface area contributed by atoms with Gasteiger partial charge in [0.15, 0.2) is 0 Å². The average molecular weight is 488 g/mol. The number of methoxy groups -OCH3 is 1. The highest BCUT2D eigenvalue weighted by Gasteiger charge is 2.29. The fraction of sp³-hybridized carbons (Fsp3) is 0.500.